The highest BCUT2D eigenvalue weighted by Gasteiger charge is 2.41. The minimum atomic E-state index is -0.312. The van der Waals surface area contributed by atoms with Crippen LogP contribution in [0.2, 0.25) is 0 Å². The van der Waals surface area contributed by atoms with E-state index in [1.807, 2.05) is 11.0 Å². The summed E-state index contributed by atoms with van der Waals surface area (Å²) in [5, 5.41) is 0. The van der Waals surface area contributed by atoms with E-state index in [1.165, 1.54) is 18.2 Å². The number of halogens is 2. The summed E-state index contributed by atoms with van der Waals surface area (Å²) in [5.41, 5.74) is 1.57. The van der Waals surface area contributed by atoms with E-state index < -0.39 is 0 Å². The lowest BCUT2D eigenvalue weighted by Crippen LogP contribution is -2.51. The van der Waals surface area contributed by atoms with Crippen LogP contribution in [0.4, 0.5) is 8.78 Å². The number of hydrogen-bond acceptors (Lipinski definition) is 2. The van der Waals surface area contributed by atoms with Crippen molar-refractivity contribution < 1.29 is 18.3 Å². The first-order valence-electron chi connectivity index (χ1n) is 10.4. The molecule has 1 spiro atoms. The van der Waals surface area contributed by atoms with E-state index in [9.17, 15) is 13.6 Å². The fourth-order valence-electron chi connectivity index (χ4n) is 4.75. The molecule has 5 heteroatoms. The summed E-state index contributed by atoms with van der Waals surface area (Å²) in [4.78, 5) is 14.5. The second-order valence-electron chi connectivity index (χ2n) is 8.41. The van der Waals surface area contributed by atoms with E-state index in [1.54, 1.807) is 24.3 Å². The molecule has 4 rings (SSSR count). The molecule has 154 valence electrons. The van der Waals surface area contributed by atoms with E-state index in [0.717, 1.165) is 44.3 Å². The molecule has 0 saturated carbocycles. The smallest absolute Gasteiger partial charge is 0.226 e. The van der Waals surface area contributed by atoms with Gasteiger partial charge in [-0.3, -0.25) is 4.79 Å². The highest BCUT2D eigenvalue weighted by Crippen LogP contribution is 2.39. The molecule has 0 bridgehead atoms. The predicted molar refractivity (Wildman–Crippen MR) is 107 cm³/mol. The molecule has 1 atom stereocenters. The third kappa shape index (κ3) is 5.02. The molecular formula is C24H27F2NO2. The summed E-state index contributed by atoms with van der Waals surface area (Å²) in [6.07, 6.45) is 4.68. The molecule has 2 aliphatic rings. The Kier molecular flexibility index (Phi) is 5.95. The highest BCUT2D eigenvalue weighted by molar-refractivity contribution is 5.78. The number of rotatable bonds is 4. The number of carbonyl (C=O) groups excluding carboxylic acids is 1. The monoisotopic (exact) mass is 399 g/mol. The van der Waals surface area contributed by atoms with Gasteiger partial charge in [-0.15, -0.1) is 0 Å². The van der Waals surface area contributed by atoms with Crippen LogP contribution in [0.5, 0.6) is 0 Å². The van der Waals surface area contributed by atoms with Crippen molar-refractivity contribution in [2.45, 2.75) is 44.1 Å². The number of piperidine rings is 1. The van der Waals surface area contributed by atoms with E-state index in [2.05, 4.69) is 0 Å². The second-order valence-corrected chi connectivity index (χ2v) is 8.41. The summed E-state index contributed by atoms with van der Waals surface area (Å²) in [5.74, 6) is 0.0138. The number of benzene rings is 2. The summed E-state index contributed by atoms with van der Waals surface area (Å²) < 4.78 is 33.0. The Hall–Kier alpha value is -2.27. The lowest BCUT2D eigenvalue weighted by Gasteiger charge is -2.46. The van der Waals surface area contributed by atoms with Gasteiger partial charge < -0.3 is 9.64 Å². The van der Waals surface area contributed by atoms with Gasteiger partial charge >= 0.3 is 0 Å². The van der Waals surface area contributed by atoms with Gasteiger partial charge in [0.1, 0.15) is 11.6 Å². The number of carbonyl (C=O) groups is 1. The Morgan fingerprint density at radius 3 is 2.38 bits per heavy atom. The Morgan fingerprint density at radius 2 is 1.69 bits per heavy atom. The summed E-state index contributed by atoms with van der Waals surface area (Å²) >= 11 is 0. The van der Waals surface area contributed by atoms with Gasteiger partial charge in [0.15, 0.2) is 0 Å². The molecule has 2 heterocycles. The molecule has 2 fully saturated rings. The van der Waals surface area contributed by atoms with Crippen molar-refractivity contribution in [1.29, 1.82) is 0 Å². The molecule has 1 amide bonds. The Bertz CT molecular complexity index is 861. The lowest BCUT2D eigenvalue weighted by molar-refractivity contribution is -0.146. The van der Waals surface area contributed by atoms with Crippen molar-refractivity contribution in [2.24, 2.45) is 5.92 Å². The number of hydrogen-bond donors (Lipinski definition) is 0. The van der Waals surface area contributed by atoms with Gasteiger partial charge in [0.25, 0.3) is 0 Å². The van der Waals surface area contributed by atoms with Crippen LogP contribution in [0.1, 0.15) is 36.8 Å². The van der Waals surface area contributed by atoms with Gasteiger partial charge in [-0.05, 0) is 73.4 Å². The maximum atomic E-state index is 13.5. The number of ether oxygens (including phenoxy) is 1. The molecule has 0 aliphatic carbocycles. The van der Waals surface area contributed by atoms with Crippen molar-refractivity contribution in [2.75, 3.05) is 19.7 Å². The lowest BCUT2D eigenvalue weighted by atomic mass is 9.77. The fraction of sp³-hybridized carbons (Fsp3) is 0.458. The van der Waals surface area contributed by atoms with Gasteiger partial charge in [0.2, 0.25) is 5.91 Å². The quantitative estimate of drug-likeness (QED) is 0.756. The first-order chi connectivity index (χ1) is 14.0. The standard InChI is InChI=1S/C24H27F2NO2/c25-21-5-1-3-18(14-21)13-20-7-12-29-24(17-20)8-10-27(11-9-24)23(28)16-19-4-2-6-22(26)15-19/h1-6,14-15,20H,7-13,16-17H2. The second kappa shape index (κ2) is 8.62. The van der Waals surface area contributed by atoms with Gasteiger partial charge in [0.05, 0.1) is 12.0 Å². The predicted octanol–water partition coefficient (Wildman–Crippen LogP) is 4.54. The average molecular weight is 399 g/mol. The van der Waals surface area contributed by atoms with Crippen molar-refractivity contribution in [3.05, 3.63) is 71.3 Å². The average Bonchev–Trinajstić information content (AvgIpc) is 2.69. The van der Waals surface area contributed by atoms with Gasteiger partial charge in [-0.25, -0.2) is 8.78 Å². The van der Waals surface area contributed by atoms with Crippen LogP contribution in [0.15, 0.2) is 48.5 Å². The van der Waals surface area contributed by atoms with E-state index in [4.69, 9.17) is 4.74 Å². The molecular weight excluding hydrogens is 372 g/mol. The van der Waals surface area contributed by atoms with Crippen molar-refractivity contribution in [3.63, 3.8) is 0 Å². The van der Waals surface area contributed by atoms with Crippen LogP contribution in [0, 0.1) is 17.6 Å². The van der Waals surface area contributed by atoms with Crippen LogP contribution < -0.4 is 0 Å². The first kappa shape index (κ1) is 20.0. The largest absolute Gasteiger partial charge is 0.375 e. The van der Waals surface area contributed by atoms with Gasteiger partial charge in [-0.1, -0.05) is 24.3 Å². The van der Waals surface area contributed by atoms with Crippen LogP contribution in [0.3, 0.4) is 0 Å². The minimum Gasteiger partial charge on any atom is -0.375 e. The zero-order valence-electron chi connectivity index (χ0n) is 16.6. The SMILES string of the molecule is O=C(Cc1cccc(F)c1)N1CCC2(CC1)CC(Cc1cccc(F)c1)CCO2. The van der Waals surface area contributed by atoms with Crippen LogP contribution in [-0.2, 0) is 22.4 Å². The van der Waals surface area contributed by atoms with Gasteiger partial charge in [-0.2, -0.15) is 0 Å². The normalized spacial score (nSPS) is 21.3. The first-order valence-corrected chi connectivity index (χ1v) is 10.4. The molecule has 2 saturated heterocycles. The van der Waals surface area contributed by atoms with Crippen LogP contribution in [0.25, 0.3) is 0 Å². The van der Waals surface area contributed by atoms with E-state index in [0.29, 0.717) is 24.6 Å². The van der Waals surface area contributed by atoms with Crippen molar-refractivity contribution in [1.82, 2.24) is 4.90 Å². The molecule has 2 aromatic rings. The summed E-state index contributed by atoms with van der Waals surface area (Å²) in [6.45, 7) is 2.05. The number of likely N-dealkylation sites (tertiary alicyclic amines) is 1. The Labute approximate surface area is 170 Å². The maximum absolute atomic E-state index is 13.5. The molecule has 3 nitrogen and oxygen atoms in total. The maximum Gasteiger partial charge on any atom is 0.226 e. The third-order valence-electron chi connectivity index (χ3n) is 6.28. The molecule has 0 aromatic heterocycles. The van der Waals surface area contributed by atoms with Crippen molar-refractivity contribution >= 4 is 5.91 Å². The Balaban J connectivity index is 1.32. The zero-order chi connectivity index (χ0) is 20.3. The Morgan fingerprint density at radius 1 is 1.03 bits per heavy atom. The molecule has 2 aromatic carbocycles. The van der Waals surface area contributed by atoms with E-state index >= 15 is 0 Å². The van der Waals surface area contributed by atoms with E-state index in [-0.39, 0.29) is 29.6 Å². The number of amides is 1. The summed E-state index contributed by atoms with van der Waals surface area (Å²) in [7, 11) is 0. The van der Waals surface area contributed by atoms with Crippen LogP contribution >= 0.6 is 0 Å². The third-order valence-corrected chi connectivity index (χ3v) is 6.28. The number of nitrogens with zero attached hydrogens (tertiary/aromatic N) is 1. The molecule has 2 aliphatic heterocycles. The molecule has 29 heavy (non-hydrogen) atoms. The van der Waals surface area contributed by atoms with Crippen LogP contribution in [-0.4, -0.2) is 36.1 Å². The molecule has 0 radical (unpaired) electrons. The van der Waals surface area contributed by atoms with Crippen molar-refractivity contribution in [3.8, 4) is 0 Å². The molecule has 0 N–H and O–H groups in total. The molecule has 1 unspecified atom stereocenters. The summed E-state index contributed by atoms with van der Waals surface area (Å²) in [6, 6.07) is 13.1. The highest BCUT2D eigenvalue weighted by atomic mass is 19.1. The fourth-order valence-corrected chi connectivity index (χ4v) is 4.75. The van der Waals surface area contributed by atoms with Gasteiger partial charge in [0, 0.05) is 19.7 Å². The topological polar surface area (TPSA) is 29.5 Å². The zero-order valence-corrected chi connectivity index (χ0v) is 16.6. The minimum absolute atomic E-state index is 0.0394.